The molecular weight excluding hydrogens is 188 g/mol. The fraction of sp³-hybridized carbons (Fsp3) is 0.909. The molecule has 4 heteroatoms. The van der Waals surface area contributed by atoms with E-state index in [4.69, 9.17) is 5.26 Å². The molecule has 0 spiro atoms. The van der Waals surface area contributed by atoms with Gasteiger partial charge in [-0.25, -0.2) is 0 Å². The zero-order chi connectivity index (χ0) is 10.9. The van der Waals surface area contributed by atoms with Gasteiger partial charge in [0.25, 0.3) is 0 Å². The average molecular weight is 210 g/mol. The molecule has 0 atom stereocenters. The van der Waals surface area contributed by atoms with Crippen molar-refractivity contribution in [3.8, 4) is 6.07 Å². The van der Waals surface area contributed by atoms with Gasteiger partial charge in [-0.05, 0) is 20.0 Å². The third-order valence-corrected chi connectivity index (χ3v) is 2.84. The maximum atomic E-state index is 8.43. The summed E-state index contributed by atoms with van der Waals surface area (Å²) in [4.78, 5) is 4.82. The molecule has 0 radical (unpaired) electrons. The SMILES string of the molecule is CN(CCCC#N)CCN1CCNCC1. The van der Waals surface area contributed by atoms with Crippen LogP contribution in [0.4, 0.5) is 0 Å². The highest BCUT2D eigenvalue weighted by Gasteiger charge is 2.09. The van der Waals surface area contributed by atoms with Gasteiger partial charge in [-0.15, -0.1) is 0 Å². The lowest BCUT2D eigenvalue weighted by Gasteiger charge is -2.29. The van der Waals surface area contributed by atoms with E-state index in [0.717, 1.165) is 39.1 Å². The van der Waals surface area contributed by atoms with Crippen LogP contribution in [0.2, 0.25) is 0 Å². The first-order chi connectivity index (χ1) is 7.33. The molecule has 4 nitrogen and oxygen atoms in total. The van der Waals surface area contributed by atoms with Crippen LogP contribution in [0.25, 0.3) is 0 Å². The quantitative estimate of drug-likeness (QED) is 0.633. The summed E-state index contributed by atoms with van der Waals surface area (Å²) in [7, 11) is 2.14. The Hall–Kier alpha value is -0.630. The zero-order valence-electron chi connectivity index (χ0n) is 9.71. The molecule has 0 amide bonds. The molecule has 0 aromatic carbocycles. The van der Waals surface area contributed by atoms with Crippen molar-refractivity contribution < 1.29 is 0 Å². The van der Waals surface area contributed by atoms with Gasteiger partial charge in [0, 0.05) is 45.7 Å². The van der Waals surface area contributed by atoms with Crippen molar-refractivity contribution in [3.05, 3.63) is 0 Å². The molecule has 1 saturated heterocycles. The molecule has 0 aromatic rings. The molecular formula is C11H22N4. The summed E-state index contributed by atoms with van der Waals surface area (Å²) in [5.41, 5.74) is 0. The van der Waals surface area contributed by atoms with Gasteiger partial charge < -0.3 is 10.2 Å². The third kappa shape index (κ3) is 5.73. The van der Waals surface area contributed by atoms with Crippen LogP contribution in [0.3, 0.4) is 0 Å². The highest BCUT2D eigenvalue weighted by atomic mass is 15.2. The Morgan fingerprint density at radius 1 is 1.33 bits per heavy atom. The van der Waals surface area contributed by atoms with Crippen molar-refractivity contribution in [1.82, 2.24) is 15.1 Å². The van der Waals surface area contributed by atoms with Gasteiger partial charge in [0.1, 0.15) is 0 Å². The van der Waals surface area contributed by atoms with E-state index in [1.165, 1.54) is 13.1 Å². The molecule has 1 aliphatic heterocycles. The van der Waals surface area contributed by atoms with Crippen LogP contribution in [0, 0.1) is 11.3 Å². The highest BCUT2D eigenvalue weighted by molar-refractivity contribution is 4.71. The summed E-state index contributed by atoms with van der Waals surface area (Å²) in [5, 5.41) is 11.8. The fourth-order valence-electron chi connectivity index (χ4n) is 1.79. The maximum absolute atomic E-state index is 8.43. The number of unbranched alkanes of at least 4 members (excludes halogenated alkanes) is 1. The van der Waals surface area contributed by atoms with Crippen molar-refractivity contribution in [2.45, 2.75) is 12.8 Å². The first-order valence-corrected chi connectivity index (χ1v) is 5.81. The van der Waals surface area contributed by atoms with E-state index < -0.39 is 0 Å². The minimum absolute atomic E-state index is 0.679. The molecule has 1 N–H and O–H groups in total. The van der Waals surface area contributed by atoms with E-state index in [0.29, 0.717) is 6.42 Å². The summed E-state index contributed by atoms with van der Waals surface area (Å²) < 4.78 is 0. The molecule has 1 heterocycles. The summed E-state index contributed by atoms with van der Waals surface area (Å²) in [6.07, 6.45) is 1.67. The maximum Gasteiger partial charge on any atom is 0.0622 e. The molecule has 86 valence electrons. The number of piperazine rings is 1. The standard InChI is InChI=1S/C11H22N4/c1-14(7-3-2-4-12)10-11-15-8-5-13-6-9-15/h13H,2-3,5-11H2,1H3. The van der Waals surface area contributed by atoms with E-state index in [-0.39, 0.29) is 0 Å². The Bertz CT molecular complexity index is 193. The molecule has 0 aliphatic carbocycles. The van der Waals surface area contributed by atoms with E-state index in [9.17, 15) is 0 Å². The predicted octanol–water partition coefficient (Wildman–Crippen LogP) is 0.127. The topological polar surface area (TPSA) is 42.3 Å². The van der Waals surface area contributed by atoms with Crippen molar-refractivity contribution in [2.24, 2.45) is 0 Å². The van der Waals surface area contributed by atoms with Crippen LogP contribution < -0.4 is 5.32 Å². The van der Waals surface area contributed by atoms with Gasteiger partial charge >= 0.3 is 0 Å². The van der Waals surface area contributed by atoms with Crippen LogP contribution in [0.15, 0.2) is 0 Å². The smallest absolute Gasteiger partial charge is 0.0622 e. The number of nitriles is 1. The number of hydrogen-bond donors (Lipinski definition) is 1. The molecule has 0 unspecified atom stereocenters. The van der Waals surface area contributed by atoms with Crippen LogP contribution in [0.5, 0.6) is 0 Å². The molecule has 1 aliphatic rings. The lowest BCUT2D eigenvalue weighted by atomic mass is 10.3. The summed E-state index contributed by atoms with van der Waals surface area (Å²) in [5.74, 6) is 0. The summed E-state index contributed by atoms with van der Waals surface area (Å²) >= 11 is 0. The Balaban J connectivity index is 2.00. The van der Waals surface area contributed by atoms with Crippen molar-refractivity contribution in [3.63, 3.8) is 0 Å². The predicted molar refractivity (Wildman–Crippen MR) is 61.7 cm³/mol. The van der Waals surface area contributed by atoms with E-state index in [1.54, 1.807) is 0 Å². The Kier molecular flexibility index (Phi) is 6.33. The summed E-state index contributed by atoms with van der Waals surface area (Å²) in [6.45, 7) is 7.91. The highest BCUT2D eigenvalue weighted by Crippen LogP contribution is 1.95. The number of hydrogen-bond acceptors (Lipinski definition) is 4. The van der Waals surface area contributed by atoms with Gasteiger partial charge in [-0.1, -0.05) is 0 Å². The second-order valence-electron chi connectivity index (χ2n) is 4.16. The van der Waals surface area contributed by atoms with E-state index in [2.05, 4.69) is 28.2 Å². The number of nitrogens with zero attached hydrogens (tertiary/aromatic N) is 3. The lowest BCUT2D eigenvalue weighted by Crippen LogP contribution is -2.46. The van der Waals surface area contributed by atoms with Crippen LogP contribution in [-0.4, -0.2) is 62.7 Å². The Morgan fingerprint density at radius 2 is 2.07 bits per heavy atom. The van der Waals surface area contributed by atoms with E-state index in [1.807, 2.05) is 0 Å². The third-order valence-electron chi connectivity index (χ3n) is 2.84. The number of rotatable bonds is 6. The first kappa shape index (κ1) is 12.4. The minimum atomic E-state index is 0.679. The second kappa shape index (κ2) is 7.63. The first-order valence-electron chi connectivity index (χ1n) is 5.81. The fourth-order valence-corrected chi connectivity index (χ4v) is 1.79. The summed E-state index contributed by atoms with van der Waals surface area (Å²) in [6, 6.07) is 2.18. The van der Waals surface area contributed by atoms with Crippen molar-refractivity contribution in [2.75, 3.05) is 52.9 Å². The number of likely N-dealkylation sites (N-methyl/N-ethyl adjacent to an activating group) is 1. The van der Waals surface area contributed by atoms with Gasteiger partial charge in [-0.3, -0.25) is 4.90 Å². The Labute approximate surface area is 92.8 Å². The van der Waals surface area contributed by atoms with E-state index >= 15 is 0 Å². The largest absolute Gasteiger partial charge is 0.314 e. The molecule has 0 aromatic heterocycles. The molecule has 1 fully saturated rings. The number of nitrogens with one attached hydrogen (secondary N) is 1. The van der Waals surface area contributed by atoms with Crippen molar-refractivity contribution in [1.29, 1.82) is 5.26 Å². The lowest BCUT2D eigenvalue weighted by molar-refractivity contribution is 0.204. The molecule has 0 saturated carbocycles. The average Bonchev–Trinajstić information content (AvgIpc) is 2.28. The monoisotopic (exact) mass is 210 g/mol. The van der Waals surface area contributed by atoms with Gasteiger partial charge in [0.05, 0.1) is 6.07 Å². The van der Waals surface area contributed by atoms with Crippen molar-refractivity contribution >= 4 is 0 Å². The minimum Gasteiger partial charge on any atom is -0.314 e. The molecule has 15 heavy (non-hydrogen) atoms. The van der Waals surface area contributed by atoms with Gasteiger partial charge in [0.2, 0.25) is 0 Å². The Morgan fingerprint density at radius 3 is 2.73 bits per heavy atom. The van der Waals surface area contributed by atoms with Crippen LogP contribution in [0.1, 0.15) is 12.8 Å². The van der Waals surface area contributed by atoms with Crippen LogP contribution in [-0.2, 0) is 0 Å². The van der Waals surface area contributed by atoms with Gasteiger partial charge in [0.15, 0.2) is 0 Å². The molecule has 1 rings (SSSR count). The van der Waals surface area contributed by atoms with Gasteiger partial charge in [-0.2, -0.15) is 5.26 Å². The second-order valence-corrected chi connectivity index (χ2v) is 4.16. The normalized spacial score (nSPS) is 17.9. The van der Waals surface area contributed by atoms with Crippen LogP contribution >= 0.6 is 0 Å². The zero-order valence-corrected chi connectivity index (χ0v) is 9.71. The molecule has 0 bridgehead atoms.